The van der Waals surface area contributed by atoms with E-state index in [1.165, 1.54) is 0 Å². The molecule has 0 spiro atoms. The maximum Gasteiger partial charge on any atom is 0.262 e. The van der Waals surface area contributed by atoms with E-state index in [0.29, 0.717) is 23.5 Å². The van der Waals surface area contributed by atoms with E-state index in [-0.39, 0.29) is 35.3 Å². The lowest BCUT2D eigenvalue weighted by Crippen LogP contribution is -2.26. The molecule has 7 nitrogen and oxygen atoms in total. The Balaban J connectivity index is 1.53. The van der Waals surface area contributed by atoms with Crippen molar-refractivity contribution in [1.82, 2.24) is 5.32 Å². The normalized spacial score (nSPS) is 12.2. The molecule has 7 heteroatoms. The lowest BCUT2D eigenvalue weighted by atomic mass is 9.97. The van der Waals surface area contributed by atoms with Crippen LogP contribution in [-0.2, 0) is 11.3 Å². The second kappa shape index (κ2) is 8.71. The van der Waals surface area contributed by atoms with Gasteiger partial charge in [0.2, 0.25) is 0 Å². The second-order valence-corrected chi connectivity index (χ2v) is 6.95. The lowest BCUT2D eigenvalue weighted by Gasteiger charge is -2.18. The van der Waals surface area contributed by atoms with Crippen molar-refractivity contribution in [2.24, 2.45) is 0 Å². The van der Waals surface area contributed by atoms with E-state index in [1.54, 1.807) is 49.6 Å². The third kappa shape index (κ3) is 4.40. The summed E-state index contributed by atoms with van der Waals surface area (Å²) in [7, 11) is 1.59. The molecule has 0 unspecified atom stereocenters. The zero-order valence-electron chi connectivity index (χ0n) is 16.8. The minimum Gasteiger partial charge on any atom is -0.497 e. The number of fused-ring (bicyclic) bond motifs is 1. The largest absolute Gasteiger partial charge is 0.497 e. The first kappa shape index (κ1) is 20.2. The fourth-order valence-corrected chi connectivity index (χ4v) is 3.28. The number of ether oxygens (including phenoxy) is 2. The maximum atomic E-state index is 13.1. The average molecular weight is 416 g/mol. The van der Waals surface area contributed by atoms with E-state index in [4.69, 9.17) is 9.47 Å². The lowest BCUT2D eigenvalue weighted by molar-refractivity contribution is -0.118. The van der Waals surface area contributed by atoms with Crippen LogP contribution in [0.4, 0.5) is 5.69 Å². The standard InChI is InChI=1S/C24H20N2O5/c1-30-17-9-6-15(7-10-17)13-25-24(29)19-5-3-2-4-18(19)23(28)16-8-11-21-20(12-16)26-22(27)14-31-21/h2-12H,13-14H2,1H3,(H,25,29)(H,26,27). The summed E-state index contributed by atoms with van der Waals surface area (Å²) in [5.41, 5.74) is 2.24. The molecule has 156 valence electrons. The van der Waals surface area contributed by atoms with Crippen LogP contribution in [0.25, 0.3) is 0 Å². The van der Waals surface area contributed by atoms with E-state index in [9.17, 15) is 14.4 Å². The van der Waals surface area contributed by atoms with Crippen molar-refractivity contribution in [3.8, 4) is 11.5 Å². The summed E-state index contributed by atoms with van der Waals surface area (Å²) < 4.78 is 10.5. The Labute approximate surface area is 179 Å². The number of methoxy groups -OCH3 is 1. The van der Waals surface area contributed by atoms with Crippen LogP contribution in [0.5, 0.6) is 11.5 Å². The van der Waals surface area contributed by atoms with Gasteiger partial charge in [-0.1, -0.05) is 30.3 Å². The maximum absolute atomic E-state index is 13.1. The zero-order chi connectivity index (χ0) is 21.8. The van der Waals surface area contributed by atoms with Crippen LogP contribution in [0, 0.1) is 0 Å². The SMILES string of the molecule is COc1ccc(CNC(=O)c2ccccc2C(=O)c2ccc3c(c2)NC(=O)CO3)cc1. The summed E-state index contributed by atoms with van der Waals surface area (Å²) in [6.07, 6.45) is 0. The van der Waals surface area contributed by atoms with Crippen molar-refractivity contribution in [2.75, 3.05) is 19.0 Å². The Morgan fingerprint density at radius 1 is 1.03 bits per heavy atom. The van der Waals surface area contributed by atoms with Gasteiger partial charge in [-0.25, -0.2) is 0 Å². The number of carbonyl (C=O) groups is 3. The smallest absolute Gasteiger partial charge is 0.262 e. The molecule has 4 rings (SSSR count). The number of benzene rings is 3. The second-order valence-electron chi connectivity index (χ2n) is 6.95. The van der Waals surface area contributed by atoms with Crippen molar-refractivity contribution < 1.29 is 23.9 Å². The fraction of sp³-hybridized carbons (Fsp3) is 0.125. The number of rotatable bonds is 6. The van der Waals surface area contributed by atoms with Gasteiger partial charge in [0.05, 0.1) is 18.4 Å². The van der Waals surface area contributed by atoms with Gasteiger partial charge in [0.25, 0.3) is 11.8 Å². The van der Waals surface area contributed by atoms with E-state index in [0.717, 1.165) is 11.3 Å². The van der Waals surface area contributed by atoms with Gasteiger partial charge in [0.1, 0.15) is 11.5 Å². The first-order valence-corrected chi connectivity index (χ1v) is 9.66. The van der Waals surface area contributed by atoms with Crippen LogP contribution < -0.4 is 20.1 Å². The van der Waals surface area contributed by atoms with E-state index in [2.05, 4.69) is 10.6 Å². The van der Waals surface area contributed by atoms with Gasteiger partial charge >= 0.3 is 0 Å². The summed E-state index contributed by atoms with van der Waals surface area (Å²) in [6, 6.07) is 18.8. The van der Waals surface area contributed by atoms with E-state index in [1.807, 2.05) is 24.3 Å². The Kier molecular flexibility index (Phi) is 5.66. The third-order valence-corrected chi connectivity index (χ3v) is 4.90. The molecule has 0 bridgehead atoms. The molecule has 2 amide bonds. The molecule has 31 heavy (non-hydrogen) atoms. The van der Waals surface area contributed by atoms with Gasteiger partial charge in [0, 0.05) is 17.7 Å². The molecular formula is C24H20N2O5. The molecule has 0 fully saturated rings. The first-order valence-electron chi connectivity index (χ1n) is 9.66. The molecule has 0 aromatic heterocycles. The molecule has 0 saturated heterocycles. The summed E-state index contributed by atoms with van der Waals surface area (Å²) in [4.78, 5) is 37.5. The highest BCUT2D eigenvalue weighted by Crippen LogP contribution is 2.29. The zero-order valence-corrected chi connectivity index (χ0v) is 16.8. The first-order chi connectivity index (χ1) is 15.0. The summed E-state index contributed by atoms with van der Waals surface area (Å²) in [5, 5.41) is 5.53. The van der Waals surface area contributed by atoms with Gasteiger partial charge in [-0.3, -0.25) is 14.4 Å². The van der Waals surface area contributed by atoms with Crippen molar-refractivity contribution in [1.29, 1.82) is 0 Å². The van der Waals surface area contributed by atoms with Gasteiger partial charge in [0.15, 0.2) is 12.4 Å². The van der Waals surface area contributed by atoms with Crippen molar-refractivity contribution in [3.63, 3.8) is 0 Å². The summed E-state index contributed by atoms with van der Waals surface area (Å²) >= 11 is 0. The van der Waals surface area contributed by atoms with Gasteiger partial charge < -0.3 is 20.1 Å². The number of ketones is 1. The number of amides is 2. The molecule has 3 aromatic carbocycles. The Morgan fingerprint density at radius 3 is 2.52 bits per heavy atom. The van der Waals surface area contributed by atoms with Crippen molar-refractivity contribution >= 4 is 23.3 Å². The molecule has 0 saturated carbocycles. The number of anilines is 1. The van der Waals surface area contributed by atoms with Crippen molar-refractivity contribution in [3.05, 3.63) is 89.0 Å². The molecule has 1 aliphatic heterocycles. The predicted octanol–water partition coefficient (Wildman–Crippen LogP) is 3.19. The monoisotopic (exact) mass is 416 g/mol. The minimum atomic E-state index is -0.352. The van der Waals surface area contributed by atoms with Gasteiger partial charge in [-0.05, 0) is 42.0 Å². The summed E-state index contributed by atoms with van der Waals surface area (Å²) in [5.74, 6) is 0.280. The molecule has 0 aliphatic carbocycles. The van der Waals surface area contributed by atoms with Crippen LogP contribution in [0.1, 0.15) is 31.8 Å². The minimum absolute atomic E-state index is 0.0580. The van der Waals surface area contributed by atoms with E-state index < -0.39 is 0 Å². The molecule has 1 aliphatic rings. The highest BCUT2D eigenvalue weighted by atomic mass is 16.5. The third-order valence-electron chi connectivity index (χ3n) is 4.90. The Morgan fingerprint density at radius 2 is 1.77 bits per heavy atom. The molecule has 0 radical (unpaired) electrons. The number of nitrogens with one attached hydrogen (secondary N) is 2. The molecule has 3 aromatic rings. The number of hydrogen-bond acceptors (Lipinski definition) is 5. The Hall–Kier alpha value is -4.13. The fourth-order valence-electron chi connectivity index (χ4n) is 3.28. The van der Waals surface area contributed by atoms with Crippen LogP contribution in [0.3, 0.4) is 0 Å². The topological polar surface area (TPSA) is 93.7 Å². The number of hydrogen-bond donors (Lipinski definition) is 2. The molecule has 2 N–H and O–H groups in total. The van der Waals surface area contributed by atoms with Crippen LogP contribution >= 0.6 is 0 Å². The number of carbonyl (C=O) groups excluding carboxylic acids is 3. The highest BCUT2D eigenvalue weighted by molar-refractivity contribution is 6.16. The molecule has 1 heterocycles. The quantitative estimate of drug-likeness (QED) is 0.602. The van der Waals surface area contributed by atoms with Crippen LogP contribution in [0.2, 0.25) is 0 Å². The van der Waals surface area contributed by atoms with Gasteiger partial charge in [-0.15, -0.1) is 0 Å². The van der Waals surface area contributed by atoms with Crippen molar-refractivity contribution in [2.45, 2.75) is 6.54 Å². The average Bonchev–Trinajstić information content (AvgIpc) is 2.81. The van der Waals surface area contributed by atoms with E-state index >= 15 is 0 Å². The highest BCUT2D eigenvalue weighted by Gasteiger charge is 2.21. The summed E-state index contributed by atoms with van der Waals surface area (Å²) in [6.45, 7) is 0.255. The van der Waals surface area contributed by atoms with Crippen LogP contribution in [0.15, 0.2) is 66.7 Å². The predicted molar refractivity (Wildman–Crippen MR) is 115 cm³/mol. The molecule has 0 atom stereocenters. The Bertz CT molecular complexity index is 1150. The molecular weight excluding hydrogens is 396 g/mol. The van der Waals surface area contributed by atoms with Gasteiger partial charge in [-0.2, -0.15) is 0 Å². The van der Waals surface area contributed by atoms with Crippen LogP contribution in [-0.4, -0.2) is 31.3 Å².